The number of halogens is 8. The van der Waals surface area contributed by atoms with E-state index in [1.807, 2.05) is 0 Å². The van der Waals surface area contributed by atoms with E-state index in [0.717, 1.165) is 30.2 Å². The maximum Gasteiger partial charge on any atom is 0.430 e. The quantitative estimate of drug-likeness (QED) is 0.272. The van der Waals surface area contributed by atoms with Gasteiger partial charge in [0.2, 0.25) is 0 Å². The molecule has 0 bridgehead atoms. The van der Waals surface area contributed by atoms with Gasteiger partial charge in [-0.2, -0.15) is 26.3 Å². The minimum absolute atomic E-state index is 0.146. The van der Waals surface area contributed by atoms with Gasteiger partial charge in [-0.3, -0.25) is 0 Å². The molecule has 1 unspecified atom stereocenters. The van der Waals surface area contributed by atoms with Crippen LogP contribution in [0.2, 0.25) is 0 Å². The number of benzene rings is 3. The Labute approximate surface area is 240 Å². The van der Waals surface area contributed by atoms with Crippen molar-refractivity contribution in [2.45, 2.75) is 40.6 Å². The largest absolute Gasteiger partial charge is 0.453 e. The third kappa shape index (κ3) is 5.44. The number of ether oxygens (including phenoxy) is 2. The zero-order valence-corrected chi connectivity index (χ0v) is 23.0. The number of hydrogen-bond donors (Lipinski definition) is 0. The molecule has 4 rings (SSSR count). The van der Waals surface area contributed by atoms with Gasteiger partial charge < -0.3 is 14.4 Å². The number of nitrogens with zero attached hydrogens (tertiary/aromatic N) is 1. The molecule has 3 aromatic carbocycles. The Bertz CT molecular complexity index is 1540. The number of hydrogen-bond acceptors (Lipinski definition) is 5. The first-order valence-electron chi connectivity index (χ1n) is 12.5. The lowest BCUT2D eigenvalue weighted by atomic mass is 9.88. The van der Waals surface area contributed by atoms with Gasteiger partial charge in [0.25, 0.3) is 5.60 Å². The van der Waals surface area contributed by atoms with Crippen molar-refractivity contribution in [2.75, 3.05) is 20.2 Å². The van der Waals surface area contributed by atoms with E-state index >= 15 is 0 Å². The zero-order chi connectivity index (χ0) is 31.8. The number of carbonyl (C=O) groups excluding carboxylic acids is 1. The molecule has 0 aromatic heterocycles. The van der Waals surface area contributed by atoms with Crippen LogP contribution in [-0.4, -0.2) is 52.0 Å². The molecular weight excluding hydrogens is 614 g/mol. The summed E-state index contributed by atoms with van der Waals surface area (Å²) in [5, 5.41) is 0. The van der Waals surface area contributed by atoms with Crippen LogP contribution in [0.4, 0.5) is 39.9 Å². The first kappa shape index (κ1) is 32.2. The Morgan fingerprint density at radius 2 is 1.42 bits per heavy atom. The number of methoxy groups -OCH3 is 1. The number of amides is 1. The van der Waals surface area contributed by atoms with Crippen molar-refractivity contribution in [3.8, 4) is 0 Å². The van der Waals surface area contributed by atoms with Crippen LogP contribution in [-0.2, 0) is 36.3 Å². The molecule has 1 atom stereocenters. The molecule has 0 N–H and O–H groups in total. The maximum absolute atomic E-state index is 14.3. The molecule has 6 nitrogen and oxygen atoms in total. The summed E-state index contributed by atoms with van der Waals surface area (Å²) in [4.78, 5) is 13.1. The number of carbonyl (C=O) groups is 1. The van der Waals surface area contributed by atoms with Crippen molar-refractivity contribution in [1.82, 2.24) is 4.90 Å². The normalized spacial score (nSPS) is 18.1. The third-order valence-corrected chi connectivity index (χ3v) is 9.83. The van der Waals surface area contributed by atoms with Crippen LogP contribution >= 0.6 is 0 Å². The average molecular weight is 638 g/mol. The molecular formula is C28H23F8NO5S. The molecule has 1 aliphatic rings. The van der Waals surface area contributed by atoms with Gasteiger partial charge in [0.15, 0.2) is 9.84 Å². The van der Waals surface area contributed by atoms with Gasteiger partial charge in [-0.05, 0) is 36.2 Å². The highest BCUT2D eigenvalue weighted by Crippen LogP contribution is 2.54. The van der Waals surface area contributed by atoms with E-state index in [1.165, 1.54) is 30.3 Å². The minimum Gasteiger partial charge on any atom is -0.453 e. The Balaban J connectivity index is 1.85. The number of likely N-dealkylation sites (tertiary alicyclic amines) is 1. The number of alkyl halides is 6. The number of rotatable bonds is 7. The fourth-order valence-electron chi connectivity index (χ4n) is 5.10. The summed E-state index contributed by atoms with van der Waals surface area (Å²) in [5.41, 5.74) is -7.92. The topological polar surface area (TPSA) is 72.9 Å². The van der Waals surface area contributed by atoms with E-state index in [1.54, 1.807) is 0 Å². The second kappa shape index (κ2) is 11.4. The van der Waals surface area contributed by atoms with Gasteiger partial charge in [-0.15, -0.1) is 0 Å². The molecule has 0 spiro atoms. The summed E-state index contributed by atoms with van der Waals surface area (Å²) in [6.45, 7) is -2.39. The lowest BCUT2D eigenvalue weighted by Gasteiger charge is -2.38. The van der Waals surface area contributed by atoms with Crippen molar-refractivity contribution in [3.05, 3.63) is 101 Å². The van der Waals surface area contributed by atoms with E-state index in [4.69, 9.17) is 0 Å². The molecule has 1 amide bonds. The van der Waals surface area contributed by atoms with Crippen molar-refractivity contribution >= 4 is 15.9 Å². The van der Waals surface area contributed by atoms with Gasteiger partial charge >= 0.3 is 18.4 Å². The highest BCUT2D eigenvalue weighted by molar-refractivity contribution is 7.92. The van der Waals surface area contributed by atoms with Gasteiger partial charge in [0, 0.05) is 24.2 Å². The third-order valence-electron chi connectivity index (χ3n) is 7.34. The summed E-state index contributed by atoms with van der Waals surface area (Å²) in [5.74, 6) is -2.84. The van der Waals surface area contributed by atoms with Crippen molar-refractivity contribution < 1.29 is 57.8 Å². The van der Waals surface area contributed by atoms with E-state index < -0.39 is 74.5 Å². The molecule has 0 aliphatic carbocycles. The Hall–Kier alpha value is -3.72. The van der Waals surface area contributed by atoms with E-state index in [-0.39, 0.29) is 23.4 Å². The molecule has 1 aliphatic heterocycles. The molecule has 3 aromatic rings. The molecule has 43 heavy (non-hydrogen) atoms. The summed E-state index contributed by atoms with van der Waals surface area (Å²) >= 11 is 0. The van der Waals surface area contributed by atoms with Crippen molar-refractivity contribution in [3.63, 3.8) is 0 Å². The fourth-order valence-corrected chi connectivity index (χ4v) is 7.20. The van der Waals surface area contributed by atoms with Gasteiger partial charge in [-0.25, -0.2) is 22.0 Å². The molecule has 1 saturated heterocycles. The van der Waals surface area contributed by atoms with Crippen LogP contribution in [0.5, 0.6) is 0 Å². The summed E-state index contributed by atoms with van der Waals surface area (Å²) in [6.07, 6.45) is -13.5. The second-order valence-electron chi connectivity index (χ2n) is 9.70. The predicted molar refractivity (Wildman–Crippen MR) is 135 cm³/mol. The summed E-state index contributed by atoms with van der Waals surface area (Å²) < 4.78 is 149. The van der Waals surface area contributed by atoms with E-state index in [9.17, 15) is 48.3 Å². The van der Waals surface area contributed by atoms with Crippen LogP contribution in [0, 0.1) is 11.6 Å². The van der Waals surface area contributed by atoms with Crippen molar-refractivity contribution in [1.29, 1.82) is 0 Å². The first-order chi connectivity index (χ1) is 20.0. The lowest BCUT2D eigenvalue weighted by Crippen LogP contribution is -2.56. The molecule has 15 heteroatoms. The van der Waals surface area contributed by atoms with Gasteiger partial charge in [-0.1, -0.05) is 48.5 Å². The molecule has 1 fully saturated rings. The van der Waals surface area contributed by atoms with Crippen LogP contribution < -0.4 is 0 Å². The van der Waals surface area contributed by atoms with Gasteiger partial charge in [0.1, 0.15) is 16.4 Å². The zero-order valence-electron chi connectivity index (χ0n) is 22.2. The van der Waals surface area contributed by atoms with E-state index in [0.29, 0.717) is 24.3 Å². The molecule has 232 valence electrons. The second-order valence-corrected chi connectivity index (χ2v) is 12.0. The average Bonchev–Trinajstić information content (AvgIpc) is 3.41. The summed E-state index contributed by atoms with van der Waals surface area (Å²) in [7, 11) is -3.34. The van der Waals surface area contributed by atoms with Crippen LogP contribution in [0.3, 0.4) is 0 Å². The van der Waals surface area contributed by atoms with Crippen LogP contribution in [0.1, 0.15) is 23.1 Å². The fraction of sp³-hybridized carbons (Fsp3) is 0.321. The molecule has 0 saturated carbocycles. The van der Waals surface area contributed by atoms with Gasteiger partial charge in [0.05, 0.1) is 18.6 Å². The van der Waals surface area contributed by atoms with Crippen LogP contribution in [0.15, 0.2) is 77.7 Å². The Kier molecular flexibility index (Phi) is 8.55. The highest BCUT2D eigenvalue weighted by Gasteiger charge is 2.73. The lowest BCUT2D eigenvalue weighted by molar-refractivity contribution is -0.392. The smallest absolute Gasteiger partial charge is 0.430 e. The monoisotopic (exact) mass is 637 g/mol. The van der Waals surface area contributed by atoms with Crippen LogP contribution in [0.25, 0.3) is 0 Å². The maximum atomic E-state index is 14.3. The Morgan fingerprint density at radius 3 is 1.93 bits per heavy atom. The SMILES string of the molecule is COC(=O)N1CCC(c2ccc(C(OCc3c(F)cccc3F)(C(F)(F)F)C(F)(F)F)cc2)(S(=O)(=O)c2ccccc2)C1. The highest BCUT2D eigenvalue weighted by atomic mass is 32.2. The number of sulfone groups is 1. The minimum atomic E-state index is -6.18. The first-order valence-corrected chi connectivity index (χ1v) is 13.9. The Morgan fingerprint density at radius 1 is 0.860 bits per heavy atom. The molecule has 1 heterocycles. The van der Waals surface area contributed by atoms with Crippen molar-refractivity contribution in [2.24, 2.45) is 0 Å². The standard InChI is InChI=1S/C28H23F8NO5S/c1-41-24(38)37-15-14-25(17-37,43(39,40)20-6-3-2-4-7-20)18-10-12-19(13-11-18)26(27(31,32)33,28(34,35)36)42-16-21-22(29)8-5-9-23(21)30/h2-13H,14-17H2,1H3. The predicted octanol–water partition coefficient (Wildman–Crippen LogP) is 6.64. The molecule has 0 radical (unpaired) electrons. The summed E-state index contributed by atoms with van der Waals surface area (Å²) in [6, 6.07) is 11.4. The van der Waals surface area contributed by atoms with E-state index in [2.05, 4.69) is 9.47 Å².